The third-order valence-electron chi connectivity index (χ3n) is 2.71. The quantitative estimate of drug-likeness (QED) is 0.323. The number of carbonyl (C=O) groups excluding carboxylic acids is 3. The molecule has 25 heavy (non-hydrogen) atoms. The second-order valence-electron chi connectivity index (χ2n) is 4.31. The molecule has 0 amide bonds. The van der Waals surface area contributed by atoms with Crippen molar-refractivity contribution in [3.05, 3.63) is 11.5 Å². The molecular weight excluding hydrogens is 332 g/mol. The zero-order valence-electron chi connectivity index (χ0n) is 15.9. The van der Waals surface area contributed by atoms with Gasteiger partial charge >= 0.3 is 11.9 Å². The first-order chi connectivity index (χ1) is 11.8. The van der Waals surface area contributed by atoms with E-state index in [9.17, 15) is 24.6 Å². The number of esters is 2. The monoisotopic (exact) mass is 364 g/mol. The minimum absolute atomic E-state index is 0.149. The second kappa shape index (κ2) is 18.3. The Morgan fingerprint density at radius 3 is 1.92 bits per heavy atom. The molecule has 8 nitrogen and oxygen atoms in total. The van der Waals surface area contributed by atoms with E-state index in [1.165, 1.54) is 14.0 Å². The highest BCUT2D eigenvalue weighted by Crippen LogP contribution is 2.19. The third-order valence-corrected chi connectivity index (χ3v) is 2.71. The summed E-state index contributed by atoms with van der Waals surface area (Å²) in [6.07, 6.45) is -1.50. The molecule has 0 aliphatic rings. The van der Waals surface area contributed by atoms with Crippen molar-refractivity contribution in [2.24, 2.45) is 5.92 Å². The van der Waals surface area contributed by atoms with E-state index >= 15 is 0 Å². The Morgan fingerprint density at radius 2 is 1.52 bits per heavy atom. The number of aliphatic hydroxyl groups excluding tert-OH is 3. The van der Waals surface area contributed by atoms with Gasteiger partial charge in [0.15, 0.2) is 0 Å². The highest BCUT2D eigenvalue weighted by atomic mass is 16.5. The number of aliphatic hydroxyl groups is 3. The van der Waals surface area contributed by atoms with Gasteiger partial charge in [-0.15, -0.1) is 0 Å². The Hall–Kier alpha value is -2.09. The molecule has 0 saturated carbocycles. The standard InChI is InChI=1S/C13H20O8.2C2H6/c1-8(15)13(19)9(5-6-14)10(16)7-21-12(18)4-3-11(17)20-2;2*1-2/h6,9-10,15-16,19H,3-5,7H2,1-2H3;2*1-2H3/b13-8-;;. The van der Waals surface area contributed by atoms with Crippen molar-refractivity contribution >= 4 is 18.2 Å². The van der Waals surface area contributed by atoms with Crippen LogP contribution in [0, 0.1) is 5.92 Å². The molecule has 2 unspecified atom stereocenters. The van der Waals surface area contributed by atoms with Crippen molar-refractivity contribution in [3.8, 4) is 0 Å². The molecular formula is C17H32O8. The van der Waals surface area contributed by atoms with E-state index in [1.54, 1.807) is 0 Å². The van der Waals surface area contributed by atoms with E-state index in [1.807, 2.05) is 27.7 Å². The van der Waals surface area contributed by atoms with Gasteiger partial charge in [0, 0.05) is 6.42 Å². The van der Waals surface area contributed by atoms with E-state index in [4.69, 9.17) is 9.84 Å². The van der Waals surface area contributed by atoms with E-state index in [2.05, 4.69) is 4.74 Å². The van der Waals surface area contributed by atoms with Gasteiger partial charge < -0.3 is 29.6 Å². The summed E-state index contributed by atoms with van der Waals surface area (Å²) < 4.78 is 9.08. The Labute approximate surface area is 149 Å². The van der Waals surface area contributed by atoms with Gasteiger partial charge in [-0.2, -0.15) is 0 Å². The number of carbonyl (C=O) groups is 3. The topological polar surface area (TPSA) is 130 Å². The number of hydrogen-bond acceptors (Lipinski definition) is 8. The van der Waals surface area contributed by atoms with E-state index in [-0.39, 0.29) is 19.3 Å². The Kier molecular flexibility index (Phi) is 20.3. The highest BCUT2D eigenvalue weighted by Gasteiger charge is 2.26. The summed E-state index contributed by atoms with van der Waals surface area (Å²) in [6.45, 7) is 8.72. The molecule has 3 N–H and O–H groups in total. The molecule has 0 aliphatic carbocycles. The fourth-order valence-corrected chi connectivity index (χ4v) is 1.50. The molecule has 0 saturated heterocycles. The lowest BCUT2D eigenvalue weighted by atomic mass is 9.96. The minimum atomic E-state index is -1.36. The lowest BCUT2D eigenvalue weighted by Gasteiger charge is -2.20. The summed E-state index contributed by atoms with van der Waals surface area (Å²) in [5, 5.41) is 28.5. The molecule has 148 valence electrons. The maximum Gasteiger partial charge on any atom is 0.306 e. The molecule has 0 bridgehead atoms. The number of hydrogen-bond donors (Lipinski definition) is 3. The van der Waals surface area contributed by atoms with Crippen molar-refractivity contribution < 1.29 is 39.2 Å². The minimum Gasteiger partial charge on any atom is -0.509 e. The number of rotatable bonds is 9. The van der Waals surface area contributed by atoms with Gasteiger partial charge in [0.1, 0.15) is 24.4 Å². The second-order valence-corrected chi connectivity index (χ2v) is 4.31. The SMILES string of the molecule is CC.CC.COC(=O)CCC(=O)OCC(O)C(CC=O)/C(O)=C(\C)O. The zero-order chi connectivity index (χ0) is 20.4. The lowest BCUT2D eigenvalue weighted by molar-refractivity contribution is -0.151. The Balaban J connectivity index is -0.00000112. The average Bonchev–Trinajstić information content (AvgIpc) is 2.64. The molecule has 0 aromatic heterocycles. The summed E-state index contributed by atoms with van der Waals surface area (Å²) in [4.78, 5) is 32.7. The van der Waals surface area contributed by atoms with Gasteiger partial charge in [0.05, 0.1) is 32.0 Å². The zero-order valence-corrected chi connectivity index (χ0v) is 15.9. The van der Waals surface area contributed by atoms with Crippen LogP contribution in [0.3, 0.4) is 0 Å². The van der Waals surface area contributed by atoms with E-state index < -0.39 is 42.1 Å². The van der Waals surface area contributed by atoms with Gasteiger partial charge in [0.25, 0.3) is 0 Å². The molecule has 0 heterocycles. The summed E-state index contributed by atoms with van der Waals surface area (Å²) in [6, 6.07) is 0. The van der Waals surface area contributed by atoms with Crippen LogP contribution in [-0.4, -0.2) is 53.4 Å². The van der Waals surface area contributed by atoms with Crippen LogP contribution in [0.25, 0.3) is 0 Å². The Bertz CT molecular complexity index is 399. The average molecular weight is 364 g/mol. The van der Waals surface area contributed by atoms with Crippen molar-refractivity contribution in [3.63, 3.8) is 0 Å². The maximum atomic E-state index is 11.3. The van der Waals surface area contributed by atoms with Crippen LogP contribution < -0.4 is 0 Å². The molecule has 0 rings (SSSR count). The molecule has 0 radical (unpaired) electrons. The predicted molar refractivity (Wildman–Crippen MR) is 93.0 cm³/mol. The van der Waals surface area contributed by atoms with Crippen molar-refractivity contribution in [2.75, 3.05) is 13.7 Å². The lowest BCUT2D eigenvalue weighted by Crippen LogP contribution is -2.29. The maximum absolute atomic E-state index is 11.3. The van der Waals surface area contributed by atoms with Crippen molar-refractivity contribution in [2.45, 2.75) is 60.0 Å². The summed E-state index contributed by atoms with van der Waals surface area (Å²) in [5.74, 6) is -3.34. The van der Waals surface area contributed by atoms with Crippen LogP contribution >= 0.6 is 0 Å². The number of allylic oxidation sites excluding steroid dienone is 1. The van der Waals surface area contributed by atoms with Crippen molar-refractivity contribution in [1.82, 2.24) is 0 Å². The van der Waals surface area contributed by atoms with Crippen LogP contribution in [0.1, 0.15) is 53.9 Å². The first-order valence-electron chi connectivity index (χ1n) is 8.26. The van der Waals surface area contributed by atoms with Gasteiger partial charge in [-0.05, 0) is 6.92 Å². The molecule has 2 atom stereocenters. The number of ether oxygens (including phenoxy) is 2. The number of methoxy groups -OCH3 is 1. The third kappa shape index (κ3) is 14.0. The highest BCUT2D eigenvalue weighted by molar-refractivity contribution is 5.77. The van der Waals surface area contributed by atoms with Crippen LogP contribution in [0.2, 0.25) is 0 Å². The fraction of sp³-hybridized carbons (Fsp3) is 0.706. The predicted octanol–water partition coefficient (Wildman–Crippen LogP) is 2.45. The number of aldehydes is 1. The normalized spacial score (nSPS) is 12.8. The molecule has 0 aromatic rings. The van der Waals surface area contributed by atoms with Gasteiger partial charge in [-0.1, -0.05) is 27.7 Å². The first kappa shape index (κ1) is 27.7. The van der Waals surface area contributed by atoms with Crippen LogP contribution in [-0.2, 0) is 23.9 Å². The molecule has 0 spiro atoms. The van der Waals surface area contributed by atoms with E-state index in [0.29, 0.717) is 6.29 Å². The van der Waals surface area contributed by atoms with Crippen LogP contribution in [0.15, 0.2) is 11.5 Å². The first-order valence-corrected chi connectivity index (χ1v) is 8.26. The van der Waals surface area contributed by atoms with Gasteiger partial charge in [-0.3, -0.25) is 9.59 Å². The van der Waals surface area contributed by atoms with Gasteiger partial charge in [-0.25, -0.2) is 0 Å². The summed E-state index contributed by atoms with van der Waals surface area (Å²) in [7, 11) is 1.19. The molecule has 0 aromatic carbocycles. The van der Waals surface area contributed by atoms with Gasteiger partial charge in [0.2, 0.25) is 0 Å². The summed E-state index contributed by atoms with van der Waals surface area (Å²) >= 11 is 0. The van der Waals surface area contributed by atoms with Crippen LogP contribution in [0.5, 0.6) is 0 Å². The molecule has 0 aliphatic heterocycles. The molecule has 0 fully saturated rings. The van der Waals surface area contributed by atoms with Crippen molar-refractivity contribution in [1.29, 1.82) is 0 Å². The largest absolute Gasteiger partial charge is 0.509 e. The smallest absolute Gasteiger partial charge is 0.306 e. The molecule has 8 heteroatoms. The van der Waals surface area contributed by atoms with E-state index in [0.717, 1.165) is 0 Å². The van der Waals surface area contributed by atoms with Crippen LogP contribution in [0.4, 0.5) is 0 Å². The fourth-order valence-electron chi connectivity index (χ4n) is 1.50. The summed E-state index contributed by atoms with van der Waals surface area (Å²) in [5.41, 5.74) is 0. The Morgan fingerprint density at radius 1 is 1.04 bits per heavy atom.